The van der Waals surface area contributed by atoms with E-state index >= 15 is 0 Å². The van der Waals surface area contributed by atoms with Gasteiger partial charge in [-0.2, -0.15) is 0 Å². The van der Waals surface area contributed by atoms with E-state index in [1.165, 1.54) is 0 Å². The van der Waals surface area contributed by atoms with Crippen LogP contribution >= 0.6 is 0 Å². The summed E-state index contributed by atoms with van der Waals surface area (Å²) in [6.07, 6.45) is 1.77. The molecule has 0 aromatic rings. The molecule has 0 aromatic carbocycles. The molecule has 0 aliphatic heterocycles. The van der Waals surface area contributed by atoms with Gasteiger partial charge in [-0.15, -0.1) is 6.58 Å². The first-order valence-electron chi connectivity index (χ1n) is 5.03. The van der Waals surface area contributed by atoms with Crippen LogP contribution in [0.4, 0.5) is 0 Å². The van der Waals surface area contributed by atoms with Gasteiger partial charge in [0.2, 0.25) is 5.91 Å². The van der Waals surface area contributed by atoms with Gasteiger partial charge in [0.05, 0.1) is 0 Å². The summed E-state index contributed by atoms with van der Waals surface area (Å²) in [4.78, 5) is 13.9. The molecule has 0 heterocycles. The van der Waals surface area contributed by atoms with E-state index in [2.05, 4.69) is 6.58 Å². The van der Waals surface area contributed by atoms with Crippen molar-refractivity contribution in [2.75, 3.05) is 6.54 Å². The molecule has 0 fully saturated rings. The average Bonchev–Trinajstić information content (AvgIpc) is 1.94. The van der Waals surface area contributed by atoms with E-state index < -0.39 is 0 Å². The molecule has 0 atom stereocenters. The lowest BCUT2D eigenvalue weighted by molar-refractivity contribution is -0.143. The van der Waals surface area contributed by atoms with Crippen LogP contribution in [0.2, 0.25) is 0 Å². The maximum Gasteiger partial charge on any atom is 0.228 e. The number of nitrogens with zero attached hydrogens (tertiary/aromatic N) is 1. The molecule has 0 rings (SSSR count). The average molecular weight is 197 g/mol. The molecule has 2 heteroatoms. The van der Waals surface area contributed by atoms with Crippen molar-refractivity contribution in [2.45, 2.75) is 47.1 Å². The highest BCUT2D eigenvalue weighted by atomic mass is 16.2. The SMILES string of the molecule is C=CCN(C(=O)C(C)(C)C)C(C)(C)C. The Bertz CT molecular complexity index is 217. The number of amides is 1. The van der Waals surface area contributed by atoms with Crippen molar-refractivity contribution in [2.24, 2.45) is 5.41 Å². The number of rotatable bonds is 2. The summed E-state index contributed by atoms with van der Waals surface area (Å²) in [5.74, 6) is 0.171. The zero-order valence-electron chi connectivity index (χ0n) is 10.3. The summed E-state index contributed by atoms with van der Waals surface area (Å²) in [6.45, 7) is 16.2. The summed E-state index contributed by atoms with van der Waals surface area (Å²) < 4.78 is 0. The Morgan fingerprint density at radius 1 is 1.21 bits per heavy atom. The van der Waals surface area contributed by atoms with Gasteiger partial charge in [-0.05, 0) is 20.8 Å². The summed E-state index contributed by atoms with van der Waals surface area (Å²) >= 11 is 0. The standard InChI is InChI=1S/C12H23NO/c1-8-9-13(12(5,6)7)10(14)11(2,3)4/h8H,1,9H2,2-7H3. The topological polar surface area (TPSA) is 20.3 Å². The minimum atomic E-state index is -0.323. The zero-order chi connectivity index (χ0) is 11.6. The summed E-state index contributed by atoms with van der Waals surface area (Å²) in [7, 11) is 0. The smallest absolute Gasteiger partial charge is 0.228 e. The quantitative estimate of drug-likeness (QED) is 0.623. The van der Waals surface area contributed by atoms with E-state index in [0.717, 1.165) is 0 Å². The van der Waals surface area contributed by atoms with Crippen molar-refractivity contribution in [3.63, 3.8) is 0 Å². The summed E-state index contributed by atoms with van der Waals surface area (Å²) in [5.41, 5.74) is -0.463. The lowest BCUT2D eigenvalue weighted by atomic mass is 9.92. The fourth-order valence-corrected chi connectivity index (χ4v) is 1.20. The van der Waals surface area contributed by atoms with E-state index in [1.807, 2.05) is 46.4 Å². The first kappa shape index (κ1) is 13.2. The van der Waals surface area contributed by atoms with E-state index in [9.17, 15) is 4.79 Å². The number of hydrogen-bond donors (Lipinski definition) is 0. The molecule has 0 aliphatic rings. The lowest BCUT2D eigenvalue weighted by Gasteiger charge is -2.39. The molecule has 2 nitrogen and oxygen atoms in total. The molecule has 0 N–H and O–H groups in total. The van der Waals surface area contributed by atoms with Crippen LogP contribution in [-0.4, -0.2) is 22.9 Å². The fourth-order valence-electron chi connectivity index (χ4n) is 1.20. The van der Waals surface area contributed by atoms with Gasteiger partial charge in [0.25, 0.3) is 0 Å². The Morgan fingerprint density at radius 3 is 1.86 bits per heavy atom. The second-order valence-electron chi connectivity index (χ2n) is 5.63. The highest BCUT2D eigenvalue weighted by Crippen LogP contribution is 2.23. The molecular formula is C12H23NO. The second-order valence-corrected chi connectivity index (χ2v) is 5.63. The third-order valence-corrected chi connectivity index (χ3v) is 2.01. The van der Waals surface area contributed by atoms with Gasteiger partial charge in [-0.25, -0.2) is 0 Å². The highest BCUT2D eigenvalue weighted by molar-refractivity contribution is 5.82. The predicted octanol–water partition coefficient (Wildman–Crippen LogP) is 2.85. The Labute approximate surface area is 88.0 Å². The van der Waals surface area contributed by atoms with E-state index in [1.54, 1.807) is 6.08 Å². The van der Waals surface area contributed by atoms with Crippen molar-refractivity contribution in [3.05, 3.63) is 12.7 Å². The number of carbonyl (C=O) groups excluding carboxylic acids is 1. The first-order valence-corrected chi connectivity index (χ1v) is 5.03. The molecule has 0 radical (unpaired) electrons. The van der Waals surface area contributed by atoms with Crippen LogP contribution in [0.25, 0.3) is 0 Å². The minimum absolute atomic E-state index is 0.140. The molecule has 1 amide bonds. The van der Waals surface area contributed by atoms with Gasteiger partial charge in [0.1, 0.15) is 0 Å². The molecule has 0 saturated heterocycles. The van der Waals surface area contributed by atoms with Crippen LogP contribution in [-0.2, 0) is 4.79 Å². The van der Waals surface area contributed by atoms with Gasteiger partial charge >= 0.3 is 0 Å². The monoisotopic (exact) mass is 197 g/mol. The van der Waals surface area contributed by atoms with Crippen molar-refractivity contribution in [1.82, 2.24) is 4.90 Å². The number of hydrogen-bond acceptors (Lipinski definition) is 1. The molecule has 0 unspecified atom stereocenters. The fraction of sp³-hybridized carbons (Fsp3) is 0.750. The largest absolute Gasteiger partial charge is 0.334 e. The van der Waals surface area contributed by atoms with Crippen molar-refractivity contribution < 1.29 is 4.79 Å². The van der Waals surface area contributed by atoms with Gasteiger partial charge in [-0.3, -0.25) is 4.79 Å². The molecule has 0 aliphatic carbocycles. The van der Waals surface area contributed by atoms with Crippen LogP contribution in [0.3, 0.4) is 0 Å². The molecule has 0 saturated carbocycles. The second kappa shape index (κ2) is 4.16. The van der Waals surface area contributed by atoms with Crippen molar-refractivity contribution in [1.29, 1.82) is 0 Å². The summed E-state index contributed by atoms with van der Waals surface area (Å²) in [5, 5.41) is 0. The first-order chi connectivity index (χ1) is 6.10. The molecule has 0 spiro atoms. The maximum absolute atomic E-state index is 12.1. The molecule has 0 bridgehead atoms. The molecule has 0 aromatic heterocycles. The molecule has 82 valence electrons. The number of carbonyl (C=O) groups is 1. The lowest BCUT2D eigenvalue weighted by Crippen LogP contribution is -2.50. The maximum atomic E-state index is 12.1. The van der Waals surface area contributed by atoms with E-state index in [4.69, 9.17) is 0 Å². The summed E-state index contributed by atoms with van der Waals surface area (Å²) in [6, 6.07) is 0. The Morgan fingerprint density at radius 2 is 1.64 bits per heavy atom. The predicted molar refractivity (Wildman–Crippen MR) is 61.1 cm³/mol. The Balaban J connectivity index is 4.85. The van der Waals surface area contributed by atoms with Gasteiger partial charge in [0.15, 0.2) is 0 Å². The third kappa shape index (κ3) is 3.52. The van der Waals surface area contributed by atoms with Crippen molar-refractivity contribution in [3.8, 4) is 0 Å². The van der Waals surface area contributed by atoms with Crippen molar-refractivity contribution >= 4 is 5.91 Å². The normalized spacial score (nSPS) is 12.4. The van der Waals surface area contributed by atoms with Crippen LogP contribution in [0, 0.1) is 5.41 Å². The minimum Gasteiger partial charge on any atom is -0.334 e. The third-order valence-electron chi connectivity index (χ3n) is 2.01. The zero-order valence-corrected chi connectivity index (χ0v) is 10.3. The Kier molecular flexibility index (Phi) is 3.92. The van der Waals surface area contributed by atoms with Crippen LogP contribution in [0.15, 0.2) is 12.7 Å². The van der Waals surface area contributed by atoms with Crippen LogP contribution in [0.5, 0.6) is 0 Å². The molecule has 14 heavy (non-hydrogen) atoms. The van der Waals surface area contributed by atoms with Crippen LogP contribution < -0.4 is 0 Å². The Hall–Kier alpha value is -0.790. The van der Waals surface area contributed by atoms with Gasteiger partial charge in [-0.1, -0.05) is 26.8 Å². The van der Waals surface area contributed by atoms with Gasteiger partial charge < -0.3 is 4.90 Å². The van der Waals surface area contributed by atoms with Crippen LogP contribution in [0.1, 0.15) is 41.5 Å². The highest BCUT2D eigenvalue weighted by Gasteiger charge is 2.32. The van der Waals surface area contributed by atoms with Gasteiger partial charge in [0, 0.05) is 17.5 Å². The molecular weight excluding hydrogens is 174 g/mol. The van der Waals surface area contributed by atoms with E-state index in [-0.39, 0.29) is 16.9 Å². The van der Waals surface area contributed by atoms with E-state index in [0.29, 0.717) is 6.54 Å².